The number of fused-ring (bicyclic) bond motifs is 2. The number of aliphatic hydroxyl groups excluding tert-OH is 1. The molecule has 2 aliphatic rings. The van der Waals surface area contributed by atoms with E-state index < -0.39 is 70.5 Å². The number of hydrogen-bond acceptors (Lipinski definition) is 32. The summed E-state index contributed by atoms with van der Waals surface area (Å²) in [6, 6.07) is 28.6. The molecular weight excluding hydrogens is 1930 g/mol. The van der Waals surface area contributed by atoms with Gasteiger partial charge < -0.3 is 107 Å². The molecule has 4 aromatic heterocycles. The quantitative estimate of drug-likeness (QED) is 0.0221. The number of nitrogens with one attached hydrogen (secondary N) is 4. The Balaban J connectivity index is 0.000000273. The van der Waals surface area contributed by atoms with Crippen LogP contribution in [-0.4, -0.2) is 295 Å². The molecule has 34 nitrogen and oxygen atoms in total. The highest BCUT2D eigenvalue weighted by Gasteiger charge is 2.47. The van der Waals surface area contributed by atoms with Crippen LogP contribution in [0.4, 0.5) is 31.8 Å². The molecule has 6 heterocycles. The van der Waals surface area contributed by atoms with Crippen LogP contribution in [0, 0.1) is 36.3 Å². The number of rotatable bonds is 58. The summed E-state index contributed by atoms with van der Waals surface area (Å²) in [5, 5.41) is 23.9. The Bertz CT molecular complexity index is 5750. The summed E-state index contributed by atoms with van der Waals surface area (Å²) >= 11 is 15.1. The number of halogens is 4. The summed E-state index contributed by atoms with van der Waals surface area (Å²) in [6.45, 7) is 24.8. The van der Waals surface area contributed by atoms with Crippen molar-refractivity contribution in [2.24, 2.45) is 10.8 Å². The summed E-state index contributed by atoms with van der Waals surface area (Å²) in [7, 11) is 3.08. The van der Waals surface area contributed by atoms with E-state index in [2.05, 4.69) is 63.3 Å². The SMILES string of the molecule is COc1cc2ncnc(Nc3ccc(F)c(Cl)c3)c2cc1OCCOCCOCCOCCOCCOCC(=O)N[C@H](C(=O)N1C[C@H](O)C[C@H]1C(=O)CCc1ccc(-c2scnc2C)cc1)C(C)(C)C.COc1cc2ncnc(Nc3ccc(F)c(Cl)c3)c2cc1OCCOCCOCCOCCOCCOCC(=O)N[C@H](C(=O)N1C[C@H](OC(C)C)C[C@H]1C(=O)CCc1ccc(-c2scnc2C)cc1)C(C)(C)C. The molecule has 0 radical (unpaired) electrons. The smallest absolute Gasteiger partial charge is 0.246 e. The van der Waals surface area contributed by atoms with Crippen LogP contribution in [0.3, 0.4) is 0 Å². The lowest BCUT2D eigenvalue weighted by molar-refractivity contribution is -0.144. The third-order valence-corrected chi connectivity index (χ3v) is 25.5. The highest BCUT2D eigenvalue weighted by molar-refractivity contribution is 7.13. The zero-order chi connectivity index (χ0) is 102. The molecule has 0 bridgehead atoms. The van der Waals surface area contributed by atoms with Crippen molar-refractivity contribution < 1.29 is 114 Å². The van der Waals surface area contributed by atoms with Crippen LogP contribution in [0.25, 0.3) is 42.7 Å². The van der Waals surface area contributed by atoms with E-state index in [-0.39, 0.29) is 125 Å². The fourth-order valence-corrected chi connectivity index (χ4v) is 17.7. The lowest BCUT2D eigenvalue weighted by Gasteiger charge is -2.35. The van der Waals surface area contributed by atoms with Gasteiger partial charge in [-0.1, -0.05) is 113 Å². The number of Topliss-reactive ketones (excluding diaryl/α,β-unsaturated/α-hetero) is 2. The molecule has 143 heavy (non-hydrogen) atoms. The van der Waals surface area contributed by atoms with E-state index in [9.17, 15) is 42.7 Å². The van der Waals surface area contributed by atoms with Crippen molar-refractivity contribution in [2.45, 2.75) is 150 Å². The second-order valence-electron chi connectivity index (χ2n) is 36.2. The summed E-state index contributed by atoms with van der Waals surface area (Å²) in [6.07, 6.45) is 3.69. The molecule has 10 aromatic rings. The van der Waals surface area contributed by atoms with Gasteiger partial charge in [0.1, 0.15) is 74.4 Å². The Kier molecular flexibility index (Phi) is 45.0. The van der Waals surface area contributed by atoms with Crippen LogP contribution in [0.15, 0.2) is 133 Å². The average Bonchev–Trinajstić information content (AvgIpc) is 1.67. The highest BCUT2D eigenvalue weighted by Crippen LogP contribution is 2.40. The Morgan fingerprint density at radius 1 is 0.455 bits per heavy atom. The lowest BCUT2D eigenvalue weighted by Crippen LogP contribution is -2.57. The van der Waals surface area contributed by atoms with Crippen molar-refractivity contribution >= 4 is 126 Å². The molecule has 2 fully saturated rings. The number of carbonyl (C=O) groups excluding carboxylic acids is 6. The molecule has 0 unspecified atom stereocenters. The Hall–Kier alpha value is -10.8. The Labute approximate surface area is 850 Å². The second kappa shape index (κ2) is 57.2. The summed E-state index contributed by atoms with van der Waals surface area (Å²) in [5.41, 5.74) is 10.8. The molecule has 0 saturated carbocycles. The van der Waals surface area contributed by atoms with Crippen LogP contribution in [0.1, 0.15) is 104 Å². The number of aryl methyl sites for hydroxylation is 4. The summed E-state index contributed by atoms with van der Waals surface area (Å²) < 4.78 is 112. The number of nitrogens with zero attached hydrogens (tertiary/aromatic N) is 8. The summed E-state index contributed by atoms with van der Waals surface area (Å²) in [5.74, 6) is 0.0432. The van der Waals surface area contributed by atoms with Crippen molar-refractivity contribution in [2.75, 3.05) is 183 Å². The largest absolute Gasteiger partial charge is 0.493 e. The number of likely N-dealkylation sites (tertiary alicyclic amines) is 2. The normalized spacial score (nSPS) is 15.3. The van der Waals surface area contributed by atoms with Gasteiger partial charge in [0.15, 0.2) is 34.6 Å². The number of hydrogen-bond donors (Lipinski definition) is 5. The number of methoxy groups -OCH3 is 2. The van der Waals surface area contributed by atoms with Gasteiger partial charge in [0.05, 0.1) is 217 Å². The van der Waals surface area contributed by atoms with Gasteiger partial charge in [0.2, 0.25) is 23.6 Å². The summed E-state index contributed by atoms with van der Waals surface area (Å²) in [4.78, 5) is 113. The van der Waals surface area contributed by atoms with E-state index in [1.165, 1.54) is 48.9 Å². The van der Waals surface area contributed by atoms with Crippen LogP contribution in [0.5, 0.6) is 23.0 Å². The van der Waals surface area contributed by atoms with Gasteiger partial charge in [0.25, 0.3) is 0 Å². The second-order valence-corrected chi connectivity index (χ2v) is 38.8. The van der Waals surface area contributed by atoms with E-state index in [1.807, 2.05) is 117 Å². The fourth-order valence-electron chi connectivity index (χ4n) is 15.7. The number of benzene rings is 6. The van der Waals surface area contributed by atoms with Gasteiger partial charge in [-0.2, -0.15) is 0 Å². The third kappa shape index (κ3) is 35.3. The lowest BCUT2D eigenvalue weighted by atomic mass is 9.85. The Morgan fingerprint density at radius 2 is 0.811 bits per heavy atom. The number of ketones is 2. The van der Waals surface area contributed by atoms with Crippen molar-refractivity contribution in [1.82, 2.24) is 50.3 Å². The zero-order valence-electron chi connectivity index (χ0n) is 82.9. The topological polar surface area (TPSA) is 393 Å². The molecule has 40 heteroatoms. The van der Waals surface area contributed by atoms with Crippen LogP contribution in [0.2, 0.25) is 10.0 Å². The van der Waals surface area contributed by atoms with Crippen molar-refractivity contribution in [3.05, 3.63) is 177 Å². The minimum absolute atomic E-state index is 0.0106. The minimum atomic E-state index is -0.947. The molecule has 6 aromatic carbocycles. The van der Waals surface area contributed by atoms with Gasteiger partial charge >= 0.3 is 0 Å². The number of amides is 4. The fraction of sp³-hybridized carbons (Fsp3) is 0.495. The van der Waals surface area contributed by atoms with Gasteiger partial charge in [-0.05, 0) is 122 Å². The highest BCUT2D eigenvalue weighted by atomic mass is 35.5. The van der Waals surface area contributed by atoms with E-state index in [4.69, 9.17) is 94.3 Å². The molecule has 774 valence electrons. The minimum Gasteiger partial charge on any atom is -0.493 e. The van der Waals surface area contributed by atoms with E-state index >= 15 is 0 Å². The molecular formula is C103H130Cl2F2N12O22S2. The van der Waals surface area contributed by atoms with Crippen LogP contribution >= 0.6 is 45.9 Å². The predicted octanol–water partition coefficient (Wildman–Crippen LogP) is 15.0. The first-order valence-electron chi connectivity index (χ1n) is 47.5. The van der Waals surface area contributed by atoms with Crippen LogP contribution < -0.4 is 40.2 Å². The molecule has 5 N–H and O–H groups in total. The first-order valence-corrected chi connectivity index (χ1v) is 50.0. The number of ether oxygens (including phenoxy) is 15. The monoisotopic (exact) mass is 2060 g/mol. The first kappa shape index (κ1) is 113. The van der Waals surface area contributed by atoms with Crippen molar-refractivity contribution in [3.8, 4) is 43.9 Å². The molecule has 2 saturated heterocycles. The van der Waals surface area contributed by atoms with Gasteiger partial charge in [0, 0.05) is 73.1 Å². The predicted molar refractivity (Wildman–Crippen MR) is 541 cm³/mol. The molecule has 12 rings (SSSR count). The standard InChI is InChI=1S/C53H68ClFN6O11S.C50H62ClFN6O11S/c1-34(2)72-39-27-44(45(62)15-10-36-8-11-37(12-9-36)49-35(3)58-33-73-49)61(30-39)52(64)50(53(4,5)6)60-48(63)31-70-23-22-68-19-18-66-16-17-67-20-21-69-24-25-71-47-28-40-43(29-46(47)65-7)56-32-57-51(40)59-38-13-14-42(55)41(54)26-38;1-32-46(70-31-55-32)34-9-6-33(7-10-34)8-13-42(60)41-25-36(59)28-58(41)49(62)47(50(2,3)4)57-45(61)29-68-21-20-66-17-16-64-14-15-65-18-19-67-22-23-69-44-26-37-40(27-43(44)63-5)53-30-54-48(37)56-35-11-12-39(52)38(51)24-35/h8-9,11-14,26,28-29,32-34,39,44,50H,10,15-25,27,30-31H2,1-7H3,(H,60,63)(H,56,57,59);6-7,9-12,24,26-27,30-31,36,41,47,59H,8,13-23,25,28-29H2,1-5H3,(H,57,61)(H,53,54,56)/t39-,44+,50-;36-,41+,47-/m11/s1. The molecule has 0 aliphatic carbocycles. The molecule has 0 spiro atoms. The number of anilines is 4. The maximum atomic E-state index is 14.3. The van der Waals surface area contributed by atoms with E-state index in [1.54, 1.807) is 71.1 Å². The third-order valence-electron chi connectivity index (χ3n) is 23.0. The number of carbonyl (C=O) groups is 6. The molecule has 2 aliphatic heterocycles. The first-order chi connectivity index (χ1) is 68.8. The van der Waals surface area contributed by atoms with Crippen molar-refractivity contribution in [1.29, 1.82) is 0 Å². The van der Waals surface area contributed by atoms with E-state index in [0.29, 0.717) is 180 Å². The number of thiazole rings is 2. The van der Waals surface area contributed by atoms with Crippen molar-refractivity contribution in [3.63, 3.8) is 0 Å². The maximum absolute atomic E-state index is 14.3. The number of β-amino-alcohol motifs (C(OH)–C–C–N with tert-alkyl or cyclic N) is 1. The molecule has 4 amide bonds. The van der Waals surface area contributed by atoms with Gasteiger partial charge in [-0.15, -0.1) is 22.7 Å². The zero-order valence-corrected chi connectivity index (χ0v) is 86.0. The van der Waals surface area contributed by atoms with Gasteiger partial charge in [-0.25, -0.2) is 38.7 Å². The van der Waals surface area contributed by atoms with Gasteiger partial charge in [-0.3, -0.25) is 28.8 Å². The number of aromatic nitrogens is 6. The average molecular weight is 2060 g/mol. The Morgan fingerprint density at radius 3 is 1.15 bits per heavy atom. The number of aliphatic hydroxyl groups is 1. The van der Waals surface area contributed by atoms with Crippen LogP contribution in [-0.2, 0) is 93.7 Å². The maximum Gasteiger partial charge on any atom is 0.246 e. The van der Waals surface area contributed by atoms with E-state index in [0.717, 1.165) is 43.4 Å². The molecule has 6 atom stereocenters.